The van der Waals surface area contributed by atoms with Crippen LogP contribution in [-0.4, -0.2) is 15.0 Å². The van der Waals surface area contributed by atoms with Crippen LogP contribution in [0.4, 0.5) is 24.8 Å². The van der Waals surface area contributed by atoms with E-state index in [9.17, 15) is 13.2 Å². The van der Waals surface area contributed by atoms with Crippen molar-refractivity contribution in [2.75, 3.05) is 5.32 Å². The van der Waals surface area contributed by atoms with Crippen molar-refractivity contribution in [3.8, 4) is 17.8 Å². The van der Waals surface area contributed by atoms with Crippen LogP contribution in [0.3, 0.4) is 0 Å². The minimum absolute atomic E-state index is 0.0732. The van der Waals surface area contributed by atoms with E-state index < -0.39 is 11.7 Å². The number of nitriles is 1. The van der Waals surface area contributed by atoms with E-state index in [4.69, 9.17) is 10.00 Å². The largest absolute Gasteiger partial charge is 0.424 e. The van der Waals surface area contributed by atoms with Crippen molar-refractivity contribution in [2.45, 2.75) is 6.18 Å². The third kappa shape index (κ3) is 4.24. The van der Waals surface area contributed by atoms with Crippen LogP contribution >= 0.6 is 0 Å². The van der Waals surface area contributed by atoms with E-state index in [0.717, 1.165) is 12.1 Å². The Kier molecular flexibility index (Phi) is 4.66. The quantitative estimate of drug-likeness (QED) is 0.750. The van der Waals surface area contributed by atoms with Gasteiger partial charge in [0.1, 0.15) is 12.1 Å². The monoisotopic (exact) mass is 357 g/mol. The number of alkyl halides is 3. The number of halogens is 3. The Labute approximate surface area is 145 Å². The molecule has 130 valence electrons. The highest BCUT2D eigenvalue weighted by Crippen LogP contribution is 2.31. The summed E-state index contributed by atoms with van der Waals surface area (Å²) < 4.78 is 43.0. The molecule has 26 heavy (non-hydrogen) atoms. The van der Waals surface area contributed by atoms with Crippen molar-refractivity contribution in [1.82, 2.24) is 15.0 Å². The van der Waals surface area contributed by atoms with Crippen LogP contribution in [0.15, 0.2) is 54.9 Å². The summed E-state index contributed by atoms with van der Waals surface area (Å²) in [6, 6.07) is 12.7. The van der Waals surface area contributed by atoms with Crippen LogP contribution in [0, 0.1) is 11.3 Å². The zero-order valence-corrected chi connectivity index (χ0v) is 13.0. The third-order valence-electron chi connectivity index (χ3n) is 3.21. The smallest absolute Gasteiger partial charge is 0.416 e. The molecule has 3 rings (SSSR count). The van der Waals surface area contributed by atoms with E-state index in [1.54, 1.807) is 24.3 Å². The van der Waals surface area contributed by atoms with Crippen molar-refractivity contribution in [3.05, 3.63) is 66.0 Å². The Morgan fingerprint density at radius 2 is 1.65 bits per heavy atom. The van der Waals surface area contributed by atoms with Crippen molar-refractivity contribution >= 4 is 11.6 Å². The highest BCUT2D eigenvalue weighted by molar-refractivity contribution is 5.54. The first kappa shape index (κ1) is 17.2. The van der Waals surface area contributed by atoms with Crippen molar-refractivity contribution in [1.29, 1.82) is 5.26 Å². The summed E-state index contributed by atoms with van der Waals surface area (Å²) in [5, 5.41) is 11.7. The van der Waals surface area contributed by atoms with Gasteiger partial charge in [-0.05, 0) is 48.5 Å². The number of rotatable bonds is 4. The van der Waals surface area contributed by atoms with E-state index in [1.165, 1.54) is 18.5 Å². The summed E-state index contributed by atoms with van der Waals surface area (Å²) >= 11 is 0. The van der Waals surface area contributed by atoms with E-state index in [0.29, 0.717) is 11.3 Å². The number of benzene rings is 2. The normalized spacial score (nSPS) is 10.8. The minimum atomic E-state index is -4.41. The molecule has 1 aromatic heterocycles. The van der Waals surface area contributed by atoms with Gasteiger partial charge in [0.15, 0.2) is 0 Å². The van der Waals surface area contributed by atoms with Gasteiger partial charge in [-0.1, -0.05) is 0 Å². The molecule has 9 heteroatoms. The van der Waals surface area contributed by atoms with E-state index >= 15 is 0 Å². The fourth-order valence-corrected chi connectivity index (χ4v) is 1.97. The maximum absolute atomic E-state index is 12.6. The van der Waals surface area contributed by atoms with Crippen molar-refractivity contribution in [2.24, 2.45) is 0 Å². The molecule has 0 radical (unpaired) electrons. The molecule has 3 aromatic rings. The maximum Gasteiger partial charge on any atom is 0.416 e. The number of aromatic nitrogens is 3. The Balaban J connectivity index is 1.71. The number of anilines is 2. The molecule has 0 amide bonds. The molecule has 0 aliphatic carbocycles. The topological polar surface area (TPSA) is 83.7 Å². The summed E-state index contributed by atoms with van der Waals surface area (Å²) in [5.41, 5.74) is 0.386. The summed E-state index contributed by atoms with van der Waals surface area (Å²) in [5.74, 6) is 0.347. The molecule has 0 saturated heterocycles. The van der Waals surface area contributed by atoms with Gasteiger partial charge in [0.05, 0.1) is 17.2 Å². The average Bonchev–Trinajstić information content (AvgIpc) is 2.62. The van der Waals surface area contributed by atoms with Gasteiger partial charge in [-0.2, -0.15) is 28.4 Å². The summed E-state index contributed by atoms with van der Waals surface area (Å²) in [6.07, 6.45) is -3.21. The SMILES string of the molecule is N#Cc1ccc(Nc2ncnc(Oc3ccc(C(F)(F)F)cc3)n2)cc1. The van der Waals surface area contributed by atoms with Gasteiger partial charge in [0, 0.05) is 5.69 Å². The number of nitrogens with one attached hydrogen (secondary N) is 1. The first-order valence-electron chi connectivity index (χ1n) is 7.25. The van der Waals surface area contributed by atoms with Crippen LogP contribution in [0.2, 0.25) is 0 Å². The minimum Gasteiger partial charge on any atom is -0.424 e. The Morgan fingerprint density at radius 1 is 0.962 bits per heavy atom. The average molecular weight is 357 g/mol. The molecule has 0 bridgehead atoms. The molecular formula is C17H10F3N5O. The lowest BCUT2D eigenvalue weighted by molar-refractivity contribution is -0.137. The number of nitrogens with zero attached hydrogens (tertiary/aromatic N) is 4. The van der Waals surface area contributed by atoms with Crippen LogP contribution in [0.5, 0.6) is 11.8 Å². The van der Waals surface area contributed by atoms with Crippen LogP contribution in [0.1, 0.15) is 11.1 Å². The lowest BCUT2D eigenvalue weighted by atomic mass is 10.2. The third-order valence-corrected chi connectivity index (χ3v) is 3.21. The van der Waals surface area contributed by atoms with Crippen LogP contribution in [0.25, 0.3) is 0 Å². The lowest BCUT2D eigenvalue weighted by Crippen LogP contribution is -2.04. The lowest BCUT2D eigenvalue weighted by Gasteiger charge is -2.09. The molecule has 1 heterocycles. The van der Waals surface area contributed by atoms with Gasteiger partial charge >= 0.3 is 12.2 Å². The molecule has 0 spiro atoms. The second-order valence-corrected chi connectivity index (χ2v) is 5.03. The zero-order chi connectivity index (χ0) is 18.6. The highest BCUT2D eigenvalue weighted by Gasteiger charge is 2.30. The molecule has 0 fully saturated rings. The maximum atomic E-state index is 12.6. The first-order chi connectivity index (χ1) is 12.4. The molecule has 1 N–H and O–H groups in total. The predicted molar refractivity (Wildman–Crippen MR) is 85.8 cm³/mol. The van der Waals surface area contributed by atoms with E-state index in [2.05, 4.69) is 20.3 Å². The van der Waals surface area contributed by atoms with Gasteiger partial charge in [0.2, 0.25) is 5.95 Å². The van der Waals surface area contributed by atoms with Gasteiger partial charge in [-0.3, -0.25) is 0 Å². The predicted octanol–water partition coefficient (Wildman–Crippen LogP) is 4.30. The van der Waals surface area contributed by atoms with Crippen LogP contribution in [-0.2, 0) is 6.18 Å². The molecule has 0 aliphatic heterocycles. The Morgan fingerprint density at radius 3 is 2.27 bits per heavy atom. The summed E-state index contributed by atoms with van der Waals surface area (Å²) in [4.78, 5) is 11.8. The van der Waals surface area contributed by atoms with Gasteiger partial charge in [-0.15, -0.1) is 0 Å². The first-order valence-corrected chi connectivity index (χ1v) is 7.25. The fraction of sp³-hybridized carbons (Fsp3) is 0.0588. The summed E-state index contributed by atoms with van der Waals surface area (Å²) in [7, 11) is 0. The standard InChI is InChI=1S/C17H10F3N5O/c18-17(19,20)12-3-7-14(8-4-12)26-16-23-10-22-15(25-16)24-13-5-1-11(9-21)2-6-13/h1-8,10H,(H,22,23,24,25). The number of hydrogen-bond donors (Lipinski definition) is 1. The zero-order valence-electron chi connectivity index (χ0n) is 13.0. The molecule has 0 unspecified atom stereocenters. The Hall–Kier alpha value is -3.67. The second kappa shape index (κ2) is 7.06. The van der Waals surface area contributed by atoms with Gasteiger partial charge < -0.3 is 10.1 Å². The van der Waals surface area contributed by atoms with Crippen molar-refractivity contribution in [3.63, 3.8) is 0 Å². The van der Waals surface area contributed by atoms with Gasteiger partial charge in [-0.25, -0.2) is 4.98 Å². The fourth-order valence-electron chi connectivity index (χ4n) is 1.97. The van der Waals surface area contributed by atoms with E-state index in [1.807, 2.05) is 6.07 Å². The second-order valence-electron chi connectivity index (χ2n) is 5.03. The van der Waals surface area contributed by atoms with Crippen molar-refractivity contribution < 1.29 is 17.9 Å². The van der Waals surface area contributed by atoms with Gasteiger partial charge in [0.25, 0.3) is 0 Å². The van der Waals surface area contributed by atoms with E-state index in [-0.39, 0.29) is 17.7 Å². The molecular weight excluding hydrogens is 347 g/mol. The molecule has 2 aromatic carbocycles. The number of hydrogen-bond acceptors (Lipinski definition) is 6. The molecule has 0 saturated carbocycles. The summed E-state index contributed by atoms with van der Waals surface area (Å²) in [6.45, 7) is 0. The molecule has 0 atom stereocenters. The number of ether oxygens (including phenoxy) is 1. The molecule has 6 nitrogen and oxygen atoms in total. The van der Waals surface area contributed by atoms with Crippen LogP contribution < -0.4 is 10.1 Å². The molecule has 0 aliphatic rings. The highest BCUT2D eigenvalue weighted by atomic mass is 19.4. The Bertz CT molecular complexity index is 934.